The van der Waals surface area contributed by atoms with E-state index in [1.165, 1.54) is 18.3 Å². The highest BCUT2D eigenvalue weighted by molar-refractivity contribution is 7.89. The van der Waals surface area contributed by atoms with E-state index in [0.29, 0.717) is 5.75 Å². The number of aromatic nitrogens is 1. The summed E-state index contributed by atoms with van der Waals surface area (Å²) in [5.41, 5.74) is 0.809. The lowest BCUT2D eigenvalue weighted by molar-refractivity contribution is 0.427. The van der Waals surface area contributed by atoms with Crippen LogP contribution >= 0.6 is 0 Å². The van der Waals surface area contributed by atoms with Crippen LogP contribution in [0.3, 0.4) is 0 Å². The molecule has 0 saturated carbocycles. The van der Waals surface area contributed by atoms with Gasteiger partial charge in [0, 0.05) is 11.8 Å². The summed E-state index contributed by atoms with van der Waals surface area (Å²) < 4.78 is 28.9. The average Bonchev–Trinajstić information content (AvgIpc) is 2.37. The van der Waals surface area contributed by atoms with Crippen molar-refractivity contribution < 1.29 is 13.2 Å². The van der Waals surface area contributed by atoms with Crippen molar-refractivity contribution in [3.8, 4) is 11.6 Å². The van der Waals surface area contributed by atoms with Crippen LogP contribution in [-0.4, -0.2) is 13.4 Å². The summed E-state index contributed by atoms with van der Waals surface area (Å²) in [6, 6.07) is 10.3. The number of hydrogen-bond donors (Lipinski definition) is 1. The minimum atomic E-state index is -3.89. The molecular formula is C15H18N2O3S. The topological polar surface area (TPSA) is 82.3 Å². The number of rotatable bonds is 3. The third kappa shape index (κ3) is 3.59. The van der Waals surface area contributed by atoms with E-state index in [9.17, 15) is 8.42 Å². The Kier molecular flexibility index (Phi) is 4.02. The molecule has 21 heavy (non-hydrogen) atoms. The molecule has 0 aliphatic rings. The molecule has 0 aliphatic carbocycles. The normalized spacial score (nSPS) is 12.2. The minimum Gasteiger partial charge on any atom is -0.437 e. The largest absolute Gasteiger partial charge is 0.437 e. The maximum atomic E-state index is 11.6. The van der Waals surface area contributed by atoms with E-state index in [1.807, 2.05) is 39.0 Å². The molecule has 2 rings (SSSR count). The summed E-state index contributed by atoms with van der Waals surface area (Å²) in [5, 5.41) is 5.19. The van der Waals surface area contributed by atoms with Gasteiger partial charge >= 0.3 is 0 Å². The smallest absolute Gasteiger partial charge is 0.243 e. The van der Waals surface area contributed by atoms with Crippen LogP contribution in [0.1, 0.15) is 26.3 Å². The number of sulfonamides is 1. The van der Waals surface area contributed by atoms with Crippen LogP contribution in [-0.2, 0) is 15.4 Å². The third-order valence-electron chi connectivity index (χ3n) is 2.94. The Balaban J connectivity index is 2.50. The molecule has 0 fully saturated rings. The number of nitrogens with two attached hydrogens (primary N) is 1. The fourth-order valence-corrected chi connectivity index (χ4v) is 2.55. The predicted molar refractivity (Wildman–Crippen MR) is 80.8 cm³/mol. The lowest BCUT2D eigenvalue weighted by Crippen LogP contribution is -2.15. The quantitative estimate of drug-likeness (QED) is 0.945. The van der Waals surface area contributed by atoms with Gasteiger partial charge in [-0.1, -0.05) is 39.0 Å². The molecule has 6 heteroatoms. The van der Waals surface area contributed by atoms with Crippen molar-refractivity contribution in [2.45, 2.75) is 31.1 Å². The molecule has 0 unspecified atom stereocenters. The van der Waals surface area contributed by atoms with Gasteiger partial charge in [0.25, 0.3) is 0 Å². The Morgan fingerprint density at radius 2 is 1.76 bits per heavy atom. The first-order valence-corrected chi connectivity index (χ1v) is 7.99. The van der Waals surface area contributed by atoms with E-state index in [-0.39, 0.29) is 16.2 Å². The molecule has 0 atom stereocenters. The molecule has 1 aromatic heterocycles. The zero-order chi connectivity index (χ0) is 15.7. The Labute approximate surface area is 124 Å². The second-order valence-corrected chi connectivity index (χ2v) is 7.23. The molecule has 0 bridgehead atoms. The lowest BCUT2D eigenvalue weighted by Gasteiger charge is -2.22. The van der Waals surface area contributed by atoms with Crippen LogP contribution in [0.15, 0.2) is 47.5 Å². The summed E-state index contributed by atoms with van der Waals surface area (Å²) in [7, 11) is -3.89. The second-order valence-electron chi connectivity index (χ2n) is 5.70. The first-order chi connectivity index (χ1) is 9.69. The fraction of sp³-hybridized carbons (Fsp3) is 0.267. The Bertz CT molecular complexity index is 750. The van der Waals surface area contributed by atoms with Gasteiger partial charge in [0.15, 0.2) is 0 Å². The summed E-state index contributed by atoms with van der Waals surface area (Å²) in [6.45, 7) is 6.15. The molecule has 0 radical (unpaired) electrons. The Morgan fingerprint density at radius 1 is 1.10 bits per heavy atom. The number of ether oxygens (including phenoxy) is 1. The SMILES string of the molecule is CC(C)(C)c1ccccc1Oc1ncccc1S(N)(=O)=O. The highest BCUT2D eigenvalue weighted by atomic mass is 32.2. The van der Waals surface area contributed by atoms with Crippen molar-refractivity contribution in [2.75, 3.05) is 0 Å². The van der Waals surface area contributed by atoms with Crippen molar-refractivity contribution >= 4 is 10.0 Å². The number of para-hydroxylation sites is 1. The van der Waals surface area contributed by atoms with Crippen LogP contribution < -0.4 is 9.88 Å². The van der Waals surface area contributed by atoms with Gasteiger partial charge in [0.1, 0.15) is 10.6 Å². The maximum Gasteiger partial charge on any atom is 0.243 e. The number of nitrogens with zero attached hydrogens (tertiary/aromatic N) is 1. The first-order valence-electron chi connectivity index (χ1n) is 6.45. The lowest BCUT2D eigenvalue weighted by atomic mass is 9.86. The molecule has 0 saturated heterocycles. The summed E-state index contributed by atoms with van der Waals surface area (Å²) >= 11 is 0. The van der Waals surface area contributed by atoms with Gasteiger partial charge in [0.2, 0.25) is 15.9 Å². The monoisotopic (exact) mass is 306 g/mol. The molecule has 0 aliphatic heterocycles. The molecule has 1 aromatic carbocycles. The van der Waals surface area contributed by atoms with Gasteiger partial charge in [-0.3, -0.25) is 0 Å². The standard InChI is InChI=1S/C15H18N2O3S/c1-15(2,3)11-7-4-5-8-12(11)20-14-13(21(16,18)19)9-6-10-17-14/h4-10H,1-3H3,(H2,16,18,19). The van der Waals surface area contributed by atoms with E-state index in [4.69, 9.17) is 9.88 Å². The van der Waals surface area contributed by atoms with Crippen LogP contribution in [0, 0.1) is 0 Å². The summed E-state index contributed by atoms with van der Waals surface area (Å²) in [6.07, 6.45) is 1.46. The molecular weight excluding hydrogens is 288 g/mol. The molecule has 5 nitrogen and oxygen atoms in total. The number of hydrogen-bond acceptors (Lipinski definition) is 4. The fourth-order valence-electron chi connectivity index (χ4n) is 1.95. The van der Waals surface area contributed by atoms with Crippen LogP contribution in [0.25, 0.3) is 0 Å². The van der Waals surface area contributed by atoms with E-state index in [1.54, 1.807) is 6.07 Å². The Morgan fingerprint density at radius 3 is 2.38 bits per heavy atom. The molecule has 2 N–H and O–H groups in total. The molecule has 112 valence electrons. The Hall–Kier alpha value is -1.92. The molecule has 1 heterocycles. The van der Waals surface area contributed by atoms with Crippen LogP contribution in [0.2, 0.25) is 0 Å². The van der Waals surface area contributed by atoms with E-state index < -0.39 is 10.0 Å². The summed E-state index contributed by atoms with van der Waals surface area (Å²) in [5.74, 6) is 0.547. The van der Waals surface area contributed by atoms with Gasteiger partial charge in [-0.2, -0.15) is 0 Å². The van der Waals surface area contributed by atoms with Crippen LogP contribution in [0.4, 0.5) is 0 Å². The first kappa shape index (κ1) is 15.5. The minimum absolute atomic E-state index is 0.0169. The van der Waals surface area contributed by atoms with Gasteiger partial charge in [-0.15, -0.1) is 0 Å². The zero-order valence-corrected chi connectivity index (χ0v) is 13.0. The molecule has 0 amide bonds. The second kappa shape index (κ2) is 5.46. The maximum absolute atomic E-state index is 11.6. The zero-order valence-electron chi connectivity index (χ0n) is 12.2. The number of benzene rings is 1. The van der Waals surface area contributed by atoms with Crippen LogP contribution in [0.5, 0.6) is 11.6 Å². The molecule has 2 aromatic rings. The van der Waals surface area contributed by atoms with Crippen molar-refractivity contribution in [3.63, 3.8) is 0 Å². The summed E-state index contributed by atoms with van der Waals surface area (Å²) in [4.78, 5) is 3.85. The van der Waals surface area contributed by atoms with E-state index in [0.717, 1.165) is 5.56 Å². The predicted octanol–water partition coefficient (Wildman–Crippen LogP) is 2.82. The van der Waals surface area contributed by atoms with Gasteiger partial charge in [-0.25, -0.2) is 18.5 Å². The number of primary sulfonamides is 1. The van der Waals surface area contributed by atoms with Crippen molar-refractivity contribution in [1.82, 2.24) is 4.98 Å². The highest BCUT2D eigenvalue weighted by Crippen LogP contribution is 2.34. The van der Waals surface area contributed by atoms with E-state index >= 15 is 0 Å². The van der Waals surface area contributed by atoms with Crippen molar-refractivity contribution in [1.29, 1.82) is 0 Å². The van der Waals surface area contributed by atoms with Gasteiger partial charge in [-0.05, 0) is 23.6 Å². The molecule has 0 spiro atoms. The number of pyridine rings is 1. The van der Waals surface area contributed by atoms with E-state index in [2.05, 4.69) is 4.98 Å². The van der Waals surface area contributed by atoms with Gasteiger partial charge in [0.05, 0.1) is 0 Å². The van der Waals surface area contributed by atoms with Gasteiger partial charge < -0.3 is 4.74 Å². The van der Waals surface area contributed by atoms with Crippen molar-refractivity contribution in [2.24, 2.45) is 5.14 Å². The average molecular weight is 306 g/mol. The highest BCUT2D eigenvalue weighted by Gasteiger charge is 2.21. The van der Waals surface area contributed by atoms with Crippen molar-refractivity contribution in [3.05, 3.63) is 48.2 Å². The third-order valence-corrected chi connectivity index (χ3v) is 3.87.